The van der Waals surface area contributed by atoms with Crippen molar-refractivity contribution in [2.45, 2.75) is 26.4 Å². The molecule has 1 aliphatic rings. The van der Waals surface area contributed by atoms with Crippen LogP contribution in [0.1, 0.15) is 37.7 Å². The maximum absolute atomic E-state index is 12.9. The molecule has 0 radical (unpaired) electrons. The number of aromatic nitrogens is 2. The Morgan fingerprint density at radius 2 is 2.00 bits per heavy atom. The summed E-state index contributed by atoms with van der Waals surface area (Å²) in [6, 6.07) is 9.06. The van der Waals surface area contributed by atoms with E-state index in [0.29, 0.717) is 30.9 Å². The highest BCUT2D eigenvalue weighted by Crippen LogP contribution is 2.23. The number of nitrogens with one attached hydrogen (secondary N) is 1. The third-order valence-corrected chi connectivity index (χ3v) is 5.94. The lowest BCUT2D eigenvalue weighted by molar-refractivity contribution is 0.0748. The van der Waals surface area contributed by atoms with E-state index in [4.69, 9.17) is 4.74 Å². The van der Waals surface area contributed by atoms with Crippen LogP contribution >= 0.6 is 11.3 Å². The number of thiophene rings is 1. The molecule has 0 saturated heterocycles. The summed E-state index contributed by atoms with van der Waals surface area (Å²) in [6.07, 6.45) is 2.38. The first kappa shape index (κ1) is 19.2. The number of anilines is 1. The van der Waals surface area contributed by atoms with Crippen LogP contribution in [0.15, 0.2) is 41.9 Å². The zero-order valence-corrected chi connectivity index (χ0v) is 17.2. The number of aryl methyl sites for hydroxylation is 2. The lowest BCUT2D eigenvalue weighted by atomic mass is 10.2. The third-order valence-electron chi connectivity index (χ3n) is 4.91. The van der Waals surface area contributed by atoms with Gasteiger partial charge in [0.1, 0.15) is 5.75 Å². The van der Waals surface area contributed by atoms with Gasteiger partial charge in [0.25, 0.3) is 11.8 Å². The second-order valence-electron chi connectivity index (χ2n) is 6.98. The van der Waals surface area contributed by atoms with E-state index in [-0.39, 0.29) is 11.8 Å². The predicted octanol–water partition coefficient (Wildman–Crippen LogP) is 3.56. The van der Waals surface area contributed by atoms with Crippen LogP contribution in [-0.2, 0) is 13.1 Å². The van der Waals surface area contributed by atoms with E-state index < -0.39 is 0 Å². The van der Waals surface area contributed by atoms with Gasteiger partial charge < -0.3 is 15.0 Å². The Morgan fingerprint density at radius 3 is 2.69 bits per heavy atom. The summed E-state index contributed by atoms with van der Waals surface area (Å²) < 4.78 is 6.97. The predicted molar refractivity (Wildman–Crippen MR) is 112 cm³/mol. The van der Waals surface area contributed by atoms with Gasteiger partial charge in [-0.25, -0.2) is 0 Å². The number of benzene rings is 1. The van der Waals surface area contributed by atoms with Gasteiger partial charge in [0.15, 0.2) is 0 Å². The second kappa shape index (κ2) is 8.08. The van der Waals surface area contributed by atoms with Gasteiger partial charge in [-0.3, -0.25) is 14.3 Å². The zero-order valence-electron chi connectivity index (χ0n) is 16.3. The number of hydrogen-bond acceptors (Lipinski definition) is 5. The number of fused-ring (bicyclic) bond motifs is 1. The van der Waals surface area contributed by atoms with E-state index in [2.05, 4.69) is 10.4 Å². The monoisotopic (exact) mass is 410 g/mol. The molecule has 0 aliphatic carbocycles. The zero-order chi connectivity index (χ0) is 20.4. The first-order chi connectivity index (χ1) is 14.0. The highest BCUT2D eigenvalue weighted by molar-refractivity contribution is 7.12. The first-order valence-corrected chi connectivity index (χ1v) is 10.3. The van der Waals surface area contributed by atoms with Crippen LogP contribution in [0.3, 0.4) is 0 Å². The Hall–Kier alpha value is -3.13. The molecule has 3 heterocycles. The number of methoxy groups -OCH3 is 1. The molecule has 0 unspecified atom stereocenters. The van der Waals surface area contributed by atoms with Crippen molar-refractivity contribution in [3.63, 3.8) is 0 Å². The van der Waals surface area contributed by atoms with Crippen LogP contribution in [-0.4, -0.2) is 40.1 Å². The van der Waals surface area contributed by atoms with E-state index in [1.54, 1.807) is 42.5 Å². The molecule has 1 aromatic carbocycles. The molecule has 0 atom stereocenters. The topological polar surface area (TPSA) is 76.5 Å². The molecular weight excluding hydrogens is 388 g/mol. The van der Waals surface area contributed by atoms with Gasteiger partial charge in [-0.15, -0.1) is 11.3 Å². The van der Waals surface area contributed by atoms with E-state index in [9.17, 15) is 9.59 Å². The minimum absolute atomic E-state index is 0.000683. The number of carbonyl (C=O) groups is 2. The summed E-state index contributed by atoms with van der Waals surface area (Å²) >= 11 is 1.45. The van der Waals surface area contributed by atoms with E-state index in [1.807, 2.05) is 23.1 Å². The van der Waals surface area contributed by atoms with Crippen LogP contribution in [0.25, 0.3) is 0 Å². The molecule has 29 heavy (non-hydrogen) atoms. The molecule has 2 aromatic heterocycles. The fourth-order valence-corrected chi connectivity index (χ4v) is 4.24. The van der Waals surface area contributed by atoms with E-state index in [0.717, 1.165) is 28.3 Å². The second-order valence-corrected chi connectivity index (χ2v) is 7.89. The maximum atomic E-state index is 12.9. The van der Waals surface area contributed by atoms with Gasteiger partial charge in [0, 0.05) is 18.8 Å². The van der Waals surface area contributed by atoms with Gasteiger partial charge in [-0.05, 0) is 54.6 Å². The molecule has 8 heteroatoms. The summed E-state index contributed by atoms with van der Waals surface area (Å²) in [5, 5.41) is 9.25. The first-order valence-electron chi connectivity index (χ1n) is 9.39. The SMILES string of the molecule is COc1ccc(NC(=O)c2cnn3c2CN(C(=O)c2cc(C)cs2)CCC3)cc1. The maximum Gasteiger partial charge on any atom is 0.264 e. The molecule has 0 spiro atoms. The van der Waals surface area contributed by atoms with Gasteiger partial charge >= 0.3 is 0 Å². The fraction of sp³-hybridized carbons (Fsp3) is 0.286. The summed E-state index contributed by atoms with van der Waals surface area (Å²) in [5.41, 5.74) is 3.00. The largest absolute Gasteiger partial charge is 0.497 e. The van der Waals surface area contributed by atoms with Crippen LogP contribution in [0.5, 0.6) is 5.75 Å². The fourth-order valence-electron chi connectivity index (χ4n) is 3.38. The highest BCUT2D eigenvalue weighted by Gasteiger charge is 2.26. The Bertz CT molecular complexity index is 1040. The van der Waals surface area contributed by atoms with E-state index in [1.165, 1.54) is 11.3 Å². The Morgan fingerprint density at radius 1 is 1.21 bits per heavy atom. The Kier molecular flexibility index (Phi) is 5.35. The number of carbonyl (C=O) groups excluding carboxylic acids is 2. The summed E-state index contributed by atoms with van der Waals surface area (Å²) in [7, 11) is 1.60. The van der Waals surface area contributed by atoms with Gasteiger partial charge in [0.05, 0.1) is 36.0 Å². The van der Waals surface area contributed by atoms with Gasteiger partial charge in [-0.2, -0.15) is 5.10 Å². The number of rotatable bonds is 4. The molecule has 7 nitrogen and oxygen atoms in total. The van der Waals surface area contributed by atoms with Crippen molar-refractivity contribution in [3.05, 3.63) is 63.6 Å². The number of ether oxygens (including phenoxy) is 1. The lowest BCUT2D eigenvalue weighted by Gasteiger charge is -2.19. The molecule has 4 rings (SSSR count). The van der Waals surface area contributed by atoms with Gasteiger partial charge in [-0.1, -0.05) is 0 Å². The molecule has 150 valence electrons. The van der Waals surface area contributed by atoms with Crippen molar-refractivity contribution in [2.24, 2.45) is 0 Å². The third kappa shape index (κ3) is 4.02. The van der Waals surface area contributed by atoms with Crippen molar-refractivity contribution < 1.29 is 14.3 Å². The van der Waals surface area contributed by atoms with Crippen molar-refractivity contribution in [3.8, 4) is 5.75 Å². The molecule has 0 saturated carbocycles. The molecule has 3 aromatic rings. The normalized spacial score (nSPS) is 13.5. The molecule has 1 N–H and O–H groups in total. The lowest BCUT2D eigenvalue weighted by Crippen LogP contribution is -2.31. The van der Waals surface area contributed by atoms with Gasteiger partial charge in [0.2, 0.25) is 0 Å². The minimum Gasteiger partial charge on any atom is -0.497 e. The smallest absolute Gasteiger partial charge is 0.264 e. The quantitative estimate of drug-likeness (QED) is 0.714. The van der Waals surface area contributed by atoms with Crippen molar-refractivity contribution >= 4 is 28.8 Å². The summed E-state index contributed by atoms with van der Waals surface area (Å²) in [5.74, 6) is 0.484. The summed E-state index contributed by atoms with van der Waals surface area (Å²) in [4.78, 5) is 28.3. The number of amides is 2. The number of nitrogens with zero attached hydrogens (tertiary/aromatic N) is 3. The molecule has 0 bridgehead atoms. The molecule has 2 amide bonds. The van der Waals surface area contributed by atoms with E-state index >= 15 is 0 Å². The Balaban J connectivity index is 1.54. The van der Waals surface area contributed by atoms with Crippen molar-refractivity contribution in [1.29, 1.82) is 0 Å². The Labute approximate surface area is 172 Å². The molecule has 1 aliphatic heterocycles. The standard InChI is InChI=1S/C21H22N4O3S/c1-14-10-19(29-13-14)21(27)24-8-3-9-25-18(12-24)17(11-22-25)20(26)23-15-4-6-16(28-2)7-5-15/h4-7,10-11,13H,3,8-9,12H2,1-2H3,(H,23,26). The average Bonchev–Trinajstić information content (AvgIpc) is 3.28. The molecular formula is C21H22N4O3S. The van der Waals surface area contributed by atoms with Crippen LogP contribution in [0.2, 0.25) is 0 Å². The average molecular weight is 410 g/mol. The van der Waals surface area contributed by atoms with Crippen LogP contribution in [0, 0.1) is 6.92 Å². The van der Waals surface area contributed by atoms with Crippen LogP contribution in [0.4, 0.5) is 5.69 Å². The highest BCUT2D eigenvalue weighted by atomic mass is 32.1. The van der Waals surface area contributed by atoms with Crippen LogP contribution < -0.4 is 10.1 Å². The van der Waals surface area contributed by atoms with Crippen molar-refractivity contribution in [1.82, 2.24) is 14.7 Å². The summed E-state index contributed by atoms with van der Waals surface area (Å²) in [6.45, 7) is 3.66. The van der Waals surface area contributed by atoms with Crippen molar-refractivity contribution in [2.75, 3.05) is 19.0 Å². The number of hydrogen-bond donors (Lipinski definition) is 1. The minimum atomic E-state index is -0.238. The molecule has 0 fully saturated rings.